The van der Waals surface area contributed by atoms with Gasteiger partial charge in [0.25, 0.3) is 0 Å². The lowest BCUT2D eigenvalue weighted by Gasteiger charge is -2.22. The maximum atomic E-state index is 8.98. The number of rotatable bonds is 2. The lowest BCUT2D eigenvalue weighted by atomic mass is 9.94. The Labute approximate surface area is 137 Å². The van der Waals surface area contributed by atoms with Gasteiger partial charge in [-0.2, -0.15) is 10.5 Å². The molecule has 1 unspecified atom stereocenters. The third kappa shape index (κ3) is 2.59. The van der Waals surface area contributed by atoms with Gasteiger partial charge in [-0.1, -0.05) is 17.7 Å². The summed E-state index contributed by atoms with van der Waals surface area (Å²) >= 11 is 6.35. The fraction of sp³-hybridized carbons (Fsp3) is 0.176. The van der Waals surface area contributed by atoms with Gasteiger partial charge in [0.05, 0.1) is 17.7 Å². The molecule has 105 valence electrons. The van der Waals surface area contributed by atoms with Crippen LogP contribution in [0.4, 0.5) is 0 Å². The van der Waals surface area contributed by atoms with Crippen LogP contribution in [0.15, 0.2) is 30.3 Å². The standard InChI is InChI=1S/C17H10ClN2OSi/c18-16-6-15-14-2-1-10(7-19)3-12(14)9-21-17(15)5-11(16)4-13(22)8-20/h1-3,5-6,13H,4,9H2. The Morgan fingerprint density at radius 1 is 1.23 bits per heavy atom. The molecular formula is C17H10ClN2OSi. The first kappa shape index (κ1) is 14.7. The van der Waals surface area contributed by atoms with E-state index in [0.717, 1.165) is 28.0 Å². The summed E-state index contributed by atoms with van der Waals surface area (Å²) in [5.41, 5.74) is 4.13. The van der Waals surface area contributed by atoms with Crippen molar-refractivity contribution >= 4 is 21.8 Å². The third-order valence-electron chi connectivity index (χ3n) is 3.64. The van der Waals surface area contributed by atoms with Crippen molar-refractivity contribution < 1.29 is 4.74 Å². The first-order valence-electron chi connectivity index (χ1n) is 6.71. The number of hydrogen-bond donors (Lipinski definition) is 0. The van der Waals surface area contributed by atoms with E-state index in [2.05, 4.69) is 22.4 Å². The fourth-order valence-corrected chi connectivity index (χ4v) is 3.01. The van der Waals surface area contributed by atoms with Crippen molar-refractivity contribution in [2.45, 2.75) is 18.6 Å². The van der Waals surface area contributed by atoms with E-state index >= 15 is 0 Å². The normalized spacial score (nSPS) is 13.1. The number of nitriles is 2. The van der Waals surface area contributed by atoms with Gasteiger partial charge in [-0.25, -0.2) is 0 Å². The van der Waals surface area contributed by atoms with Gasteiger partial charge in [0.15, 0.2) is 0 Å². The van der Waals surface area contributed by atoms with Crippen LogP contribution >= 0.6 is 11.6 Å². The summed E-state index contributed by atoms with van der Waals surface area (Å²) in [6.07, 6.45) is 0.517. The Bertz CT molecular complexity index is 836. The maximum Gasteiger partial charge on any atom is 0.128 e. The molecule has 3 nitrogen and oxygen atoms in total. The summed E-state index contributed by atoms with van der Waals surface area (Å²) in [6, 6.07) is 13.6. The van der Waals surface area contributed by atoms with Gasteiger partial charge in [-0.3, -0.25) is 0 Å². The van der Waals surface area contributed by atoms with Crippen LogP contribution in [0.1, 0.15) is 16.7 Å². The van der Waals surface area contributed by atoms with E-state index in [-0.39, 0.29) is 5.54 Å². The minimum atomic E-state index is -0.287. The molecule has 0 fully saturated rings. The van der Waals surface area contributed by atoms with Crippen LogP contribution in [-0.4, -0.2) is 10.2 Å². The summed E-state index contributed by atoms with van der Waals surface area (Å²) < 4.78 is 5.79. The van der Waals surface area contributed by atoms with Gasteiger partial charge in [0.2, 0.25) is 0 Å². The van der Waals surface area contributed by atoms with Crippen molar-refractivity contribution in [3.05, 3.63) is 52.0 Å². The molecule has 3 radical (unpaired) electrons. The molecule has 3 rings (SSSR count). The monoisotopic (exact) mass is 321 g/mol. The SMILES string of the molecule is N#Cc1ccc2c(c1)COc1cc(CC([Si])C#N)c(Cl)cc1-2. The Kier molecular flexibility index (Phi) is 3.89. The number of halogens is 1. The highest BCUT2D eigenvalue weighted by Gasteiger charge is 2.20. The molecule has 0 spiro atoms. The van der Waals surface area contributed by atoms with Crippen molar-refractivity contribution in [3.8, 4) is 29.0 Å². The summed E-state index contributed by atoms with van der Waals surface area (Å²) in [6.45, 7) is 0.425. The van der Waals surface area contributed by atoms with E-state index in [1.807, 2.05) is 24.3 Å². The molecule has 0 saturated carbocycles. The molecular weight excluding hydrogens is 312 g/mol. The zero-order valence-corrected chi connectivity index (χ0v) is 13.3. The molecule has 1 aliphatic rings. The molecule has 0 bridgehead atoms. The molecule has 22 heavy (non-hydrogen) atoms. The summed E-state index contributed by atoms with van der Waals surface area (Å²) in [7, 11) is 3.35. The topological polar surface area (TPSA) is 56.8 Å². The Morgan fingerprint density at radius 3 is 2.77 bits per heavy atom. The third-order valence-corrected chi connectivity index (χ3v) is 4.32. The highest BCUT2D eigenvalue weighted by molar-refractivity contribution is 6.32. The summed E-state index contributed by atoms with van der Waals surface area (Å²) in [5, 5.41) is 18.5. The summed E-state index contributed by atoms with van der Waals surface area (Å²) in [5.74, 6) is 0.758. The molecule has 0 aliphatic carbocycles. The van der Waals surface area contributed by atoms with Gasteiger partial charge in [0, 0.05) is 26.4 Å². The van der Waals surface area contributed by atoms with Crippen LogP contribution in [0.5, 0.6) is 5.75 Å². The van der Waals surface area contributed by atoms with Crippen molar-refractivity contribution in [1.82, 2.24) is 0 Å². The van der Waals surface area contributed by atoms with Gasteiger partial charge < -0.3 is 4.74 Å². The van der Waals surface area contributed by atoms with Gasteiger partial charge in [-0.15, -0.1) is 0 Å². The minimum absolute atomic E-state index is 0.287. The molecule has 1 heterocycles. The van der Waals surface area contributed by atoms with Crippen molar-refractivity contribution in [1.29, 1.82) is 10.5 Å². The number of benzene rings is 2. The number of nitrogens with zero attached hydrogens (tertiary/aromatic N) is 2. The first-order valence-corrected chi connectivity index (χ1v) is 7.67. The Hall–Kier alpha value is -2.27. The van der Waals surface area contributed by atoms with Gasteiger partial charge in [-0.05, 0) is 47.4 Å². The maximum absolute atomic E-state index is 8.98. The molecule has 0 amide bonds. The van der Waals surface area contributed by atoms with Crippen LogP contribution in [0.3, 0.4) is 0 Å². The van der Waals surface area contributed by atoms with E-state index < -0.39 is 0 Å². The lowest BCUT2D eigenvalue weighted by molar-refractivity contribution is 0.302. The van der Waals surface area contributed by atoms with Crippen molar-refractivity contribution in [2.24, 2.45) is 0 Å². The first-order chi connectivity index (χ1) is 10.6. The van der Waals surface area contributed by atoms with E-state index in [0.29, 0.717) is 23.6 Å². The van der Waals surface area contributed by atoms with Crippen LogP contribution in [0.25, 0.3) is 11.1 Å². The predicted molar refractivity (Wildman–Crippen MR) is 84.8 cm³/mol. The quantitative estimate of drug-likeness (QED) is 0.791. The van der Waals surface area contributed by atoms with Gasteiger partial charge in [0.1, 0.15) is 12.4 Å². The zero-order valence-electron chi connectivity index (χ0n) is 11.6. The van der Waals surface area contributed by atoms with E-state index in [1.165, 1.54) is 0 Å². The Balaban J connectivity index is 2.06. The highest BCUT2D eigenvalue weighted by Crippen LogP contribution is 2.41. The molecule has 1 aliphatic heterocycles. The number of hydrogen-bond acceptors (Lipinski definition) is 3. The number of ether oxygens (including phenoxy) is 1. The Morgan fingerprint density at radius 2 is 2.05 bits per heavy atom. The average molecular weight is 322 g/mol. The van der Waals surface area contributed by atoms with E-state index in [4.69, 9.17) is 26.9 Å². The van der Waals surface area contributed by atoms with Crippen molar-refractivity contribution in [3.63, 3.8) is 0 Å². The zero-order chi connectivity index (χ0) is 15.7. The molecule has 5 heteroatoms. The van der Waals surface area contributed by atoms with Crippen LogP contribution in [-0.2, 0) is 13.0 Å². The van der Waals surface area contributed by atoms with Crippen LogP contribution in [0, 0.1) is 22.7 Å². The summed E-state index contributed by atoms with van der Waals surface area (Å²) in [4.78, 5) is 0. The highest BCUT2D eigenvalue weighted by atomic mass is 35.5. The lowest BCUT2D eigenvalue weighted by Crippen LogP contribution is -2.07. The van der Waals surface area contributed by atoms with Crippen molar-refractivity contribution in [2.75, 3.05) is 0 Å². The molecule has 0 aromatic heterocycles. The second-order valence-electron chi connectivity index (χ2n) is 5.10. The van der Waals surface area contributed by atoms with E-state index in [1.54, 1.807) is 6.07 Å². The van der Waals surface area contributed by atoms with Crippen LogP contribution < -0.4 is 4.74 Å². The second-order valence-corrected chi connectivity index (χ2v) is 6.20. The molecule has 0 N–H and O–H groups in total. The molecule has 2 aromatic rings. The largest absolute Gasteiger partial charge is 0.488 e. The number of fused-ring (bicyclic) bond motifs is 3. The average Bonchev–Trinajstić information content (AvgIpc) is 2.54. The van der Waals surface area contributed by atoms with Gasteiger partial charge >= 0.3 is 0 Å². The molecule has 2 aromatic carbocycles. The van der Waals surface area contributed by atoms with Crippen LogP contribution in [0.2, 0.25) is 10.6 Å². The predicted octanol–water partition coefficient (Wildman–Crippen LogP) is 3.79. The fourth-order valence-electron chi connectivity index (χ4n) is 2.55. The minimum Gasteiger partial charge on any atom is -0.488 e. The second kappa shape index (κ2) is 5.85. The smallest absolute Gasteiger partial charge is 0.128 e. The van der Waals surface area contributed by atoms with E-state index in [9.17, 15) is 0 Å². The molecule has 0 saturated heterocycles. The molecule has 1 atom stereocenters.